The SMILES string of the molecule is C[C@H](OC(=O)C[C@@H]1Oc2ccccc2NC1=O)C(=O)NCc1ccccc1Cl. The van der Waals surface area contributed by atoms with Crippen molar-refractivity contribution >= 4 is 35.1 Å². The number of nitrogens with one attached hydrogen (secondary N) is 2. The Kier molecular flexibility index (Phi) is 6.16. The van der Waals surface area contributed by atoms with Crippen molar-refractivity contribution in [3.05, 3.63) is 59.1 Å². The molecule has 7 nitrogen and oxygen atoms in total. The average molecular weight is 403 g/mol. The van der Waals surface area contributed by atoms with Crippen molar-refractivity contribution in [2.45, 2.75) is 32.1 Å². The first-order chi connectivity index (χ1) is 13.4. The highest BCUT2D eigenvalue weighted by atomic mass is 35.5. The van der Waals surface area contributed by atoms with Gasteiger partial charge in [0, 0.05) is 11.6 Å². The quantitative estimate of drug-likeness (QED) is 0.724. The number of halogens is 1. The van der Waals surface area contributed by atoms with E-state index in [-0.39, 0.29) is 13.0 Å². The summed E-state index contributed by atoms with van der Waals surface area (Å²) in [7, 11) is 0. The van der Waals surface area contributed by atoms with Crippen molar-refractivity contribution in [2.24, 2.45) is 0 Å². The van der Waals surface area contributed by atoms with E-state index in [0.29, 0.717) is 16.5 Å². The Bertz CT molecular complexity index is 902. The first-order valence-electron chi connectivity index (χ1n) is 8.71. The summed E-state index contributed by atoms with van der Waals surface area (Å²) in [6.45, 7) is 1.67. The second-order valence-corrected chi connectivity index (χ2v) is 6.64. The number of rotatable bonds is 6. The summed E-state index contributed by atoms with van der Waals surface area (Å²) in [5, 5.41) is 5.87. The smallest absolute Gasteiger partial charge is 0.310 e. The monoisotopic (exact) mass is 402 g/mol. The Hall–Kier alpha value is -3.06. The molecule has 1 aliphatic heterocycles. The molecule has 0 aromatic heterocycles. The van der Waals surface area contributed by atoms with Crippen LogP contribution in [0.1, 0.15) is 18.9 Å². The molecule has 2 atom stereocenters. The number of carbonyl (C=O) groups is 3. The zero-order chi connectivity index (χ0) is 20.1. The zero-order valence-electron chi connectivity index (χ0n) is 15.1. The van der Waals surface area contributed by atoms with Crippen LogP contribution in [0.5, 0.6) is 5.75 Å². The molecule has 2 aromatic carbocycles. The second kappa shape index (κ2) is 8.75. The van der Waals surface area contributed by atoms with Gasteiger partial charge < -0.3 is 20.1 Å². The molecule has 0 fully saturated rings. The van der Waals surface area contributed by atoms with Crippen molar-refractivity contribution in [1.29, 1.82) is 0 Å². The van der Waals surface area contributed by atoms with Gasteiger partial charge in [-0.15, -0.1) is 0 Å². The van der Waals surface area contributed by atoms with E-state index in [0.717, 1.165) is 5.56 Å². The molecule has 28 heavy (non-hydrogen) atoms. The van der Waals surface area contributed by atoms with Gasteiger partial charge in [0.15, 0.2) is 12.2 Å². The maximum absolute atomic E-state index is 12.1. The molecular weight excluding hydrogens is 384 g/mol. The summed E-state index contributed by atoms with van der Waals surface area (Å²) < 4.78 is 10.7. The number of para-hydroxylation sites is 2. The molecule has 0 aliphatic carbocycles. The van der Waals surface area contributed by atoms with Crippen molar-refractivity contribution in [2.75, 3.05) is 5.32 Å². The van der Waals surface area contributed by atoms with Crippen LogP contribution in [0.4, 0.5) is 5.69 Å². The fourth-order valence-corrected chi connectivity index (χ4v) is 2.85. The molecule has 8 heteroatoms. The summed E-state index contributed by atoms with van der Waals surface area (Å²) in [5.74, 6) is -1.13. The fourth-order valence-electron chi connectivity index (χ4n) is 2.65. The van der Waals surface area contributed by atoms with Crippen molar-refractivity contribution in [1.82, 2.24) is 5.32 Å². The Morgan fingerprint density at radius 2 is 1.93 bits per heavy atom. The van der Waals surface area contributed by atoms with Crippen LogP contribution in [0.3, 0.4) is 0 Å². The summed E-state index contributed by atoms with van der Waals surface area (Å²) in [6, 6.07) is 14.0. The highest BCUT2D eigenvalue weighted by Crippen LogP contribution is 2.29. The zero-order valence-corrected chi connectivity index (χ0v) is 15.9. The predicted octanol–water partition coefficient (Wildman–Crippen LogP) is 2.68. The first-order valence-corrected chi connectivity index (χ1v) is 9.09. The number of hydrogen-bond acceptors (Lipinski definition) is 5. The maximum Gasteiger partial charge on any atom is 0.310 e. The molecule has 3 rings (SSSR count). The lowest BCUT2D eigenvalue weighted by Gasteiger charge is -2.25. The topological polar surface area (TPSA) is 93.7 Å². The summed E-state index contributed by atoms with van der Waals surface area (Å²) in [4.78, 5) is 36.3. The lowest BCUT2D eigenvalue weighted by molar-refractivity contribution is -0.157. The number of hydrogen-bond donors (Lipinski definition) is 2. The van der Waals surface area contributed by atoms with E-state index in [1.807, 2.05) is 6.07 Å². The van der Waals surface area contributed by atoms with E-state index in [2.05, 4.69) is 10.6 Å². The largest absolute Gasteiger partial charge is 0.478 e. The minimum Gasteiger partial charge on any atom is -0.478 e. The van der Waals surface area contributed by atoms with Gasteiger partial charge in [-0.3, -0.25) is 14.4 Å². The molecule has 0 bridgehead atoms. The van der Waals surface area contributed by atoms with Crippen LogP contribution >= 0.6 is 11.6 Å². The lowest BCUT2D eigenvalue weighted by atomic mass is 10.1. The van der Waals surface area contributed by atoms with Gasteiger partial charge in [0.05, 0.1) is 12.1 Å². The molecule has 0 unspecified atom stereocenters. The number of esters is 1. The Morgan fingerprint density at radius 1 is 1.21 bits per heavy atom. The van der Waals surface area contributed by atoms with E-state index >= 15 is 0 Å². The van der Waals surface area contributed by atoms with Gasteiger partial charge in [0.2, 0.25) is 0 Å². The van der Waals surface area contributed by atoms with Gasteiger partial charge >= 0.3 is 5.97 Å². The van der Waals surface area contributed by atoms with Gasteiger partial charge in [-0.2, -0.15) is 0 Å². The molecule has 2 amide bonds. The summed E-state index contributed by atoms with van der Waals surface area (Å²) in [6.07, 6.45) is -2.34. The van der Waals surface area contributed by atoms with Gasteiger partial charge in [-0.1, -0.05) is 41.9 Å². The highest BCUT2D eigenvalue weighted by Gasteiger charge is 2.31. The van der Waals surface area contributed by atoms with Crippen molar-refractivity contribution in [3.63, 3.8) is 0 Å². The number of amides is 2. The molecule has 0 saturated carbocycles. The standard InChI is InChI=1S/C20H19ClN2O5/c1-12(19(25)22-11-13-6-2-3-7-14(13)21)27-18(24)10-17-20(26)23-15-8-4-5-9-16(15)28-17/h2-9,12,17H,10-11H2,1H3,(H,22,25)(H,23,26)/t12-,17-/m0/s1. The van der Waals surface area contributed by atoms with Crippen LogP contribution < -0.4 is 15.4 Å². The summed E-state index contributed by atoms with van der Waals surface area (Å²) >= 11 is 6.04. The van der Waals surface area contributed by atoms with Gasteiger partial charge in [0.1, 0.15) is 5.75 Å². The minimum absolute atomic E-state index is 0.214. The molecular formula is C20H19ClN2O5. The Morgan fingerprint density at radius 3 is 2.71 bits per heavy atom. The van der Waals surface area contributed by atoms with E-state index in [9.17, 15) is 14.4 Å². The Labute approximate surface area is 167 Å². The number of anilines is 1. The van der Waals surface area contributed by atoms with E-state index in [1.54, 1.807) is 42.5 Å². The lowest BCUT2D eigenvalue weighted by Crippen LogP contribution is -2.40. The van der Waals surface area contributed by atoms with Crippen LogP contribution in [-0.4, -0.2) is 30.0 Å². The van der Waals surface area contributed by atoms with Gasteiger partial charge in [-0.25, -0.2) is 0 Å². The van der Waals surface area contributed by atoms with Crippen LogP contribution in [0, 0.1) is 0 Å². The number of benzene rings is 2. The van der Waals surface area contributed by atoms with Gasteiger partial charge in [-0.05, 0) is 30.7 Å². The molecule has 0 spiro atoms. The average Bonchev–Trinajstić information content (AvgIpc) is 2.67. The van der Waals surface area contributed by atoms with E-state index in [4.69, 9.17) is 21.1 Å². The van der Waals surface area contributed by atoms with E-state index < -0.39 is 30.0 Å². The molecule has 0 radical (unpaired) electrons. The second-order valence-electron chi connectivity index (χ2n) is 6.24. The number of carbonyl (C=O) groups excluding carboxylic acids is 3. The Balaban J connectivity index is 1.49. The molecule has 146 valence electrons. The normalized spacial score (nSPS) is 16.2. The third-order valence-corrected chi connectivity index (χ3v) is 4.52. The first kappa shape index (κ1) is 19.7. The van der Waals surface area contributed by atoms with Gasteiger partial charge in [0.25, 0.3) is 11.8 Å². The third kappa shape index (κ3) is 4.80. The highest BCUT2D eigenvalue weighted by molar-refractivity contribution is 6.31. The minimum atomic E-state index is -1.02. The summed E-state index contributed by atoms with van der Waals surface area (Å²) in [5.41, 5.74) is 1.30. The van der Waals surface area contributed by atoms with Crippen molar-refractivity contribution < 1.29 is 23.9 Å². The van der Waals surface area contributed by atoms with E-state index in [1.165, 1.54) is 6.92 Å². The molecule has 1 heterocycles. The fraction of sp³-hybridized carbons (Fsp3) is 0.250. The number of fused-ring (bicyclic) bond motifs is 1. The molecule has 1 aliphatic rings. The molecule has 2 N–H and O–H groups in total. The van der Waals surface area contributed by atoms with Crippen LogP contribution in [0.15, 0.2) is 48.5 Å². The molecule has 0 saturated heterocycles. The predicted molar refractivity (Wildman–Crippen MR) is 103 cm³/mol. The number of ether oxygens (including phenoxy) is 2. The van der Waals surface area contributed by atoms with Crippen LogP contribution in [0.2, 0.25) is 5.02 Å². The van der Waals surface area contributed by atoms with Crippen LogP contribution in [-0.2, 0) is 25.7 Å². The molecule has 2 aromatic rings. The van der Waals surface area contributed by atoms with Crippen LogP contribution in [0.25, 0.3) is 0 Å². The maximum atomic E-state index is 12.1. The third-order valence-electron chi connectivity index (χ3n) is 4.15. The van der Waals surface area contributed by atoms with Crippen molar-refractivity contribution in [3.8, 4) is 5.75 Å².